The SMILES string of the molecule is CCc1c(C)nn(C)c1NC(=O)c1scc2c1CCCC2. The molecule has 0 aromatic carbocycles. The van der Waals surface area contributed by atoms with E-state index in [0.717, 1.165) is 41.2 Å². The summed E-state index contributed by atoms with van der Waals surface area (Å²) in [7, 11) is 1.88. The van der Waals surface area contributed by atoms with E-state index in [1.165, 1.54) is 24.0 Å². The molecule has 0 saturated carbocycles. The van der Waals surface area contributed by atoms with Gasteiger partial charge in [-0.2, -0.15) is 5.10 Å². The molecule has 2 aromatic heterocycles. The predicted octanol–water partition coefficient (Wildman–Crippen LogP) is 3.48. The Bertz CT molecular complexity index is 684. The highest BCUT2D eigenvalue weighted by Crippen LogP contribution is 2.31. The third-order valence-electron chi connectivity index (χ3n) is 4.24. The van der Waals surface area contributed by atoms with Gasteiger partial charge in [0.2, 0.25) is 0 Å². The Morgan fingerprint density at radius 3 is 2.95 bits per heavy atom. The number of carbonyl (C=O) groups excluding carboxylic acids is 1. The molecule has 0 radical (unpaired) electrons. The van der Waals surface area contributed by atoms with Crippen molar-refractivity contribution in [2.45, 2.75) is 46.0 Å². The number of aryl methyl sites for hydroxylation is 3. The molecule has 0 unspecified atom stereocenters. The molecule has 1 aliphatic carbocycles. The first-order chi connectivity index (χ1) is 10.1. The van der Waals surface area contributed by atoms with Gasteiger partial charge in [0.1, 0.15) is 5.82 Å². The number of rotatable bonds is 3. The molecule has 5 heteroatoms. The van der Waals surface area contributed by atoms with E-state index in [9.17, 15) is 4.79 Å². The molecule has 0 spiro atoms. The number of nitrogens with zero attached hydrogens (tertiary/aromatic N) is 2. The number of hydrogen-bond acceptors (Lipinski definition) is 3. The monoisotopic (exact) mass is 303 g/mol. The molecular formula is C16H21N3OS. The highest BCUT2D eigenvalue weighted by molar-refractivity contribution is 7.12. The lowest BCUT2D eigenvalue weighted by molar-refractivity contribution is 0.102. The molecule has 0 atom stereocenters. The molecule has 4 nitrogen and oxygen atoms in total. The fourth-order valence-electron chi connectivity index (χ4n) is 3.16. The van der Waals surface area contributed by atoms with Crippen LogP contribution in [0.1, 0.15) is 51.8 Å². The summed E-state index contributed by atoms with van der Waals surface area (Å²) >= 11 is 1.58. The molecule has 0 fully saturated rings. The molecule has 21 heavy (non-hydrogen) atoms. The Hall–Kier alpha value is -1.62. The van der Waals surface area contributed by atoms with Crippen LogP contribution in [0.5, 0.6) is 0 Å². The third kappa shape index (κ3) is 2.50. The Balaban J connectivity index is 1.89. The highest BCUT2D eigenvalue weighted by atomic mass is 32.1. The standard InChI is InChI=1S/C16H21N3OS/c1-4-12-10(2)18-19(3)15(12)17-16(20)14-13-8-6-5-7-11(13)9-21-14/h9H,4-8H2,1-3H3,(H,17,20). The zero-order valence-corrected chi connectivity index (χ0v) is 13.6. The number of fused-ring (bicyclic) bond motifs is 1. The normalized spacial score (nSPS) is 14.0. The average Bonchev–Trinajstić information content (AvgIpc) is 3.00. The first-order valence-corrected chi connectivity index (χ1v) is 8.42. The Morgan fingerprint density at radius 2 is 2.19 bits per heavy atom. The van der Waals surface area contributed by atoms with Gasteiger partial charge in [-0.05, 0) is 55.5 Å². The van der Waals surface area contributed by atoms with E-state index in [2.05, 4.69) is 22.7 Å². The lowest BCUT2D eigenvalue weighted by Crippen LogP contribution is -2.17. The summed E-state index contributed by atoms with van der Waals surface area (Å²) in [5, 5.41) is 9.64. The fraction of sp³-hybridized carbons (Fsp3) is 0.500. The summed E-state index contributed by atoms with van der Waals surface area (Å²) in [6.07, 6.45) is 5.45. The summed E-state index contributed by atoms with van der Waals surface area (Å²) in [4.78, 5) is 13.5. The van der Waals surface area contributed by atoms with Crippen LogP contribution < -0.4 is 5.32 Å². The van der Waals surface area contributed by atoms with Crippen molar-refractivity contribution in [3.05, 3.63) is 32.6 Å². The van der Waals surface area contributed by atoms with Crippen molar-refractivity contribution < 1.29 is 4.79 Å². The minimum Gasteiger partial charge on any atom is -0.306 e. The van der Waals surface area contributed by atoms with Gasteiger partial charge in [-0.25, -0.2) is 0 Å². The maximum Gasteiger partial charge on any atom is 0.267 e. The van der Waals surface area contributed by atoms with Crippen LogP contribution >= 0.6 is 11.3 Å². The molecule has 2 heterocycles. The highest BCUT2D eigenvalue weighted by Gasteiger charge is 2.22. The molecule has 112 valence electrons. The minimum atomic E-state index is 0.0147. The zero-order valence-electron chi connectivity index (χ0n) is 12.8. The maximum absolute atomic E-state index is 12.6. The van der Waals surface area contributed by atoms with Crippen LogP contribution in [0.2, 0.25) is 0 Å². The number of anilines is 1. The van der Waals surface area contributed by atoms with E-state index in [1.807, 2.05) is 14.0 Å². The summed E-state index contributed by atoms with van der Waals surface area (Å²) in [5.74, 6) is 0.846. The van der Waals surface area contributed by atoms with Crippen molar-refractivity contribution >= 4 is 23.1 Å². The average molecular weight is 303 g/mol. The van der Waals surface area contributed by atoms with Gasteiger partial charge >= 0.3 is 0 Å². The predicted molar refractivity (Wildman–Crippen MR) is 86.2 cm³/mol. The number of amides is 1. The van der Waals surface area contributed by atoms with Gasteiger partial charge < -0.3 is 5.32 Å². The first kappa shape index (κ1) is 14.3. The minimum absolute atomic E-state index is 0.0147. The quantitative estimate of drug-likeness (QED) is 0.943. The van der Waals surface area contributed by atoms with Crippen molar-refractivity contribution in [3.63, 3.8) is 0 Å². The van der Waals surface area contributed by atoms with E-state index in [0.29, 0.717) is 0 Å². The number of thiophene rings is 1. The van der Waals surface area contributed by atoms with Crippen LogP contribution in [0.15, 0.2) is 5.38 Å². The fourth-order valence-corrected chi connectivity index (χ4v) is 4.21. The summed E-state index contributed by atoms with van der Waals surface area (Å²) < 4.78 is 1.77. The Morgan fingerprint density at radius 1 is 1.43 bits per heavy atom. The second-order valence-electron chi connectivity index (χ2n) is 5.62. The van der Waals surface area contributed by atoms with E-state index >= 15 is 0 Å². The summed E-state index contributed by atoms with van der Waals surface area (Å²) in [6, 6.07) is 0. The van der Waals surface area contributed by atoms with Gasteiger partial charge in [0.15, 0.2) is 0 Å². The topological polar surface area (TPSA) is 46.9 Å². The van der Waals surface area contributed by atoms with Gasteiger partial charge in [0.05, 0.1) is 10.6 Å². The van der Waals surface area contributed by atoms with Crippen molar-refractivity contribution in [1.82, 2.24) is 9.78 Å². The second kappa shape index (κ2) is 5.64. The summed E-state index contributed by atoms with van der Waals surface area (Å²) in [5.41, 5.74) is 4.74. The van der Waals surface area contributed by atoms with E-state index < -0.39 is 0 Å². The van der Waals surface area contributed by atoms with Crippen LogP contribution in [0.3, 0.4) is 0 Å². The van der Waals surface area contributed by atoms with E-state index in [1.54, 1.807) is 16.0 Å². The molecule has 2 aromatic rings. The van der Waals surface area contributed by atoms with Crippen LogP contribution in [0, 0.1) is 6.92 Å². The van der Waals surface area contributed by atoms with Gasteiger partial charge in [0, 0.05) is 12.6 Å². The van der Waals surface area contributed by atoms with Crippen LogP contribution in [0.25, 0.3) is 0 Å². The van der Waals surface area contributed by atoms with Crippen molar-refractivity contribution in [3.8, 4) is 0 Å². The van der Waals surface area contributed by atoms with E-state index in [-0.39, 0.29) is 5.91 Å². The van der Waals surface area contributed by atoms with Gasteiger partial charge in [-0.15, -0.1) is 11.3 Å². The molecule has 0 aliphatic heterocycles. The van der Waals surface area contributed by atoms with Crippen LogP contribution in [-0.2, 0) is 26.3 Å². The maximum atomic E-state index is 12.6. The van der Waals surface area contributed by atoms with Crippen LogP contribution in [0.4, 0.5) is 5.82 Å². The van der Waals surface area contributed by atoms with Crippen molar-refractivity contribution in [1.29, 1.82) is 0 Å². The molecule has 0 saturated heterocycles. The first-order valence-electron chi connectivity index (χ1n) is 7.54. The zero-order chi connectivity index (χ0) is 15.0. The van der Waals surface area contributed by atoms with Gasteiger partial charge in [-0.3, -0.25) is 9.48 Å². The second-order valence-corrected chi connectivity index (χ2v) is 6.50. The third-order valence-corrected chi connectivity index (χ3v) is 5.31. The molecule has 3 rings (SSSR count). The Kier molecular flexibility index (Phi) is 3.85. The molecule has 1 aliphatic rings. The number of nitrogens with one attached hydrogen (secondary N) is 1. The van der Waals surface area contributed by atoms with Gasteiger partial charge in [-0.1, -0.05) is 6.92 Å². The molecular weight excluding hydrogens is 282 g/mol. The number of carbonyl (C=O) groups is 1. The van der Waals surface area contributed by atoms with Gasteiger partial charge in [0.25, 0.3) is 5.91 Å². The van der Waals surface area contributed by atoms with E-state index in [4.69, 9.17) is 0 Å². The largest absolute Gasteiger partial charge is 0.306 e. The lowest BCUT2D eigenvalue weighted by Gasteiger charge is -2.13. The van der Waals surface area contributed by atoms with Crippen LogP contribution in [-0.4, -0.2) is 15.7 Å². The molecule has 0 bridgehead atoms. The molecule has 1 N–H and O–H groups in total. The van der Waals surface area contributed by atoms with Crippen molar-refractivity contribution in [2.24, 2.45) is 7.05 Å². The number of aromatic nitrogens is 2. The smallest absolute Gasteiger partial charge is 0.267 e. The van der Waals surface area contributed by atoms with Crippen molar-refractivity contribution in [2.75, 3.05) is 5.32 Å². The Labute approximate surface area is 129 Å². The number of hydrogen-bond donors (Lipinski definition) is 1. The summed E-state index contributed by atoms with van der Waals surface area (Å²) in [6.45, 7) is 4.08. The molecule has 1 amide bonds. The lowest BCUT2D eigenvalue weighted by atomic mass is 9.94.